The van der Waals surface area contributed by atoms with Crippen LogP contribution in [-0.4, -0.2) is 50.6 Å². The first-order valence-electron chi connectivity index (χ1n) is 10.3. The highest BCUT2D eigenvalue weighted by atomic mass is 16.5. The predicted molar refractivity (Wildman–Crippen MR) is 114 cm³/mol. The normalized spacial score (nSPS) is 16.6. The van der Waals surface area contributed by atoms with Gasteiger partial charge in [0.15, 0.2) is 17.9 Å². The highest BCUT2D eigenvalue weighted by Crippen LogP contribution is 2.28. The van der Waals surface area contributed by atoms with Gasteiger partial charge in [0.05, 0.1) is 12.8 Å². The molecule has 4 heterocycles. The van der Waals surface area contributed by atoms with Gasteiger partial charge in [0.1, 0.15) is 5.75 Å². The zero-order valence-corrected chi connectivity index (χ0v) is 17.5. The van der Waals surface area contributed by atoms with Crippen molar-refractivity contribution < 1.29 is 13.9 Å². The Balaban J connectivity index is 1.40. The van der Waals surface area contributed by atoms with Crippen molar-refractivity contribution in [2.75, 3.05) is 20.2 Å². The molecule has 5 rings (SSSR count). The topological polar surface area (TPSA) is 85.8 Å². The number of nitrogens with zero attached hydrogens (tertiary/aromatic N) is 5. The van der Waals surface area contributed by atoms with E-state index < -0.39 is 0 Å². The van der Waals surface area contributed by atoms with Crippen molar-refractivity contribution in [2.24, 2.45) is 0 Å². The predicted octanol–water partition coefficient (Wildman–Crippen LogP) is 3.72. The van der Waals surface area contributed by atoms with Crippen molar-refractivity contribution in [1.29, 1.82) is 0 Å². The lowest BCUT2D eigenvalue weighted by atomic mass is 9.97. The van der Waals surface area contributed by atoms with Gasteiger partial charge in [-0.25, -0.2) is 14.5 Å². The molecule has 1 atom stereocenters. The fourth-order valence-corrected chi connectivity index (χ4v) is 4.07. The Morgan fingerprint density at radius 3 is 2.94 bits per heavy atom. The van der Waals surface area contributed by atoms with Gasteiger partial charge in [-0.1, -0.05) is 12.1 Å². The van der Waals surface area contributed by atoms with Crippen molar-refractivity contribution in [2.45, 2.75) is 25.7 Å². The number of aryl methyl sites for hydroxylation is 1. The SMILES string of the molecule is COc1cccc(-c2ccc3nc(C4CCCN(C(=O)c5ocnc5C)C4)nn3c2)c1. The average molecular weight is 417 g/mol. The second-order valence-electron chi connectivity index (χ2n) is 7.78. The molecule has 0 spiro atoms. The summed E-state index contributed by atoms with van der Waals surface area (Å²) in [5.74, 6) is 1.84. The molecule has 1 aromatic carbocycles. The molecular formula is C23H23N5O3. The number of fused-ring (bicyclic) bond motifs is 1. The maximum atomic E-state index is 12.8. The molecule has 0 aliphatic carbocycles. The number of carbonyl (C=O) groups excluding carboxylic acids is 1. The van der Waals surface area contributed by atoms with Crippen LogP contribution in [0, 0.1) is 6.92 Å². The fraction of sp³-hybridized carbons (Fsp3) is 0.304. The summed E-state index contributed by atoms with van der Waals surface area (Å²) in [6.45, 7) is 3.04. The molecule has 158 valence electrons. The molecule has 1 aliphatic heterocycles. The number of piperidine rings is 1. The van der Waals surface area contributed by atoms with Gasteiger partial charge in [-0.15, -0.1) is 0 Å². The first kappa shape index (κ1) is 19.3. The second-order valence-corrected chi connectivity index (χ2v) is 7.78. The molecule has 1 unspecified atom stereocenters. The van der Waals surface area contributed by atoms with Gasteiger partial charge in [0.2, 0.25) is 5.76 Å². The number of hydrogen-bond acceptors (Lipinski definition) is 6. The highest BCUT2D eigenvalue weighted by molar-refractivity contribution is 5.92. The number of ether oxygens (including phenoxy) is 1. The van der Waals surface area contributed by atoms with E-state index in [4.69, 9.17) is 19.2 Å². The van der Waals surface area contributed by atoms with E-state index in [-0.39, 0.29) is 11.8 Å². The van der Waals surface area contributed by atoms with Gasteiger partial charge in [-0.3, -0.25) is 4.79 Å². The van der Waals surface area contributed by atoms with Crippen LogP contribution in [0.25, 0.3) is 16.8 Å². The molecule has 1 aliphatic rings. The number of likely N-dealkylation sites (tertiary alicyclic amines) is 1. The van der Waals surface area contributed by atoms with Crippen LogP contribution in [0.15, 0.2) is 53.4 Å². The van der Waals surface area contributed by atoms with Gasteiger partial charge < -0.3 is 14.1 Å². The van der Waals surface area contributed by atoms with E-state index in [1.165, 1.54) is 6.39 Å². The number of hydrogen-bond donors (Lipinski definition) is 0. The standard InChI is InChI=1S/C23H23N5O3/c1-15-21(31-14-24-15)23(29)27-10-4-6-18(12-27)22-25-20-9-8-17(13-28(20)26-22)16-5-3-7-19(11-16)30-2/h3,5,7-9,11,13-14,18H,4,6,10,12H2,1-2H3. The van der Waals surface area contributed by atoms with E-state index >= 15 is 0 Å². The Labute approximate surface area is 179 Å². The molecule has 8 heteroatoms. The van der Waals surface area contributed by atoms with Crippen LogP contribution in [0.3, 0.4) is 0 Å². The lowest BCUT2D eigenvalue weighted by Gasteiger charge is -2.30. The molecule has 8 nitrogen and oxygen atoms in total. The highest BCUT2D eigenvalue weighted by Gasteiger charge is 2.30. The third-order valence-corrected chi connectivity index (χ3v) is 5.76. The second kappa shape index (κ2) is 7.86. The molecule has 1 saturated heterocycles. The number of amides is 1. The smallest absolute Gasteiger partial charge is 0.291 e. The number of aromatic nitrogens is 4. The molecule has 0 bridgehead atoms. The van der Waals surface area contributed by atoms with Crippen LogP contribution in [0.2, 0.25) is 0 Å². The summed E-state index contributed by atoms with van der Waals surface area (Å²) in [4.78, 5) is 23.4. The fourth-order valence-electron chi connectivity index (χ4n) is 4.07. The lowest BCUT2D eigenvalue weighted by molar-refractivity contribution is 0.0671. The van der Waals surface area contributed by atoms with Crippen LogP contribution >= 0.6 is 0 Å². The van der Waals surface area contributed by atoms with Crippen molar-refractivity contribution in [3.63, 3.8) is 0 Å². The molecule has 4 aromatic rings. The largest absolute Gasteiger partial charge is 0.497 e. The Morgan fingerprint density at radius 1 is 1.23 bits per heavy atom. The third kappa shape index (κ3) is 3.65. The minimum Gasteiger partial charge on any atom is -0.497 e. The number of benzene rings is 1. The Bertz CT molecular complexity index is 1240. The average Bonchev–Trinajstić information content (AvgIpc) is 3.44. The zero-order chi connectivity index (χ0) is 21.4. The Morgan fingerprint density at radius 2 is 2.13 bits per heavy atom. The van der Waals surface area contributed by atoms with E-state index in [0.717, 1.165) is 41.2 Å². The molecule has 1 amide bonds. The van der Waals surface area contributed by atoms with Gasteiger partial charge in [-0.05, 0) is 49.6 Å². The zero-order valence-electron chi connectivity index (χ0n) is 17.5. The molecule has 0 radical (unpaired) electrons. The summed E-state index contributed by atoms with van der Waals surface area (Å²) >= 11 is 0. The maximum Gasteiger partial charge on any atom is 0.291 e. The van der Waals surface area contributed by atoms with E-state index in [9.17, 15) is 4.79 Å². The Hall–Kier alpha value is -3.68. The molecule has 3 aromatic heterocycles. The van der Waals surface area contributed by atoms with Gasteiger partial charge in [-0.2, -0.15) is 5.10 Å². The first-order chi connectivity index (χ1) is 15.1. The summed E-state index contributed by atoms with van der Waals surface area (Å²) in [5, 5.41) is 4.74. The minimum absolute atomic E-state index is 0.0843. The van der Waals surface area contributed by atoms with Gasteiger partial charge in [0.25, 0.3) is 5.91 Å². The monoisotopic (exact) mass is 417 g/mol. The minimum atomic E-state index is -0.122. The van der Waals surface area contributed by atoms with E-state index in [1.54, 1.807) is 14.0 Å². The van der Waals surface area contributed by atoms with Crippen LogP contribution in [0.5, 0.6) is 5.75 Å². The quantitative estimate of drug-likeness (QED) is 0.503. The third-order valence-electron chi connectivity index (χ3n) is 5.76. The summed E-state index contributed by atoms with van der Waals surface area (Å²) in [6, 6.07) is 11.9. The molecule has 1 fully saturated rings. The summed E-state index contributed by atoms with van der Waals surface area (Å²) in [7, 11) is 1.66. The maximum absolute atomic E-state index is 12.8. The van der Waals surface area contributed by atoms with E-state index in [2.05, 4.69) is 4.98 Å². The van der Waals surface area contributed by atoms with Gasteiger partial charge >= 0.3 is 0 Å². The van der Waals surface area contributed by atoms with Crippen molar-refractivity contribution >= 4 is 11.6 Å². The lowest BCUT2D eigenvalue weighted by Crippen LogP contribution is -2.39. The molecule has 0 N–H and O–H groups in total. The Kier molecular flexibility index (Phi) is 4.89. The number of methoxy groups -OCH3 is 1. The van der Waals surface area contributed by atoms with Crippen LogP contribution in [0.1, 0.15) is 40.8 Å². The molecule has 0 saturated carbocycles. The molecular weight excluding hydrogens is 394 g/mol. The van der Waals surface area contributed by atoms with Crippen LogP contribution < -0.4 is 4.74 Å². The van der Waals surface area contributed by atoms with Crippen molar-refractivity contribution in [3.05, 3.63) is 66.3 Å². The van der Waals surface area contributed by atoms with Gasteiger partial charge in [0, 0.05) is 30.8 Å². The first-order valence-corrected chi connectivity index (χ1v) is 10.3. The van der Waals surface area contributed by atoms with Crippen LogP contribution in [0.4, 0.5) is 0 Å². The summed E-state index contributed by atoms with van der Waals surface area (Å²) < 4.78 is 12.4. The number of rotatable bonds is 4. The van der Waals surface area contributed by atoms with E-state index in [1.807, 2.05) is 52.0 Å². The van der Waals surface area contributed by atoms with Crippen molar-refractivity contribution in [3.8, 4) is 16.9 Å². The summed E-state index contributed by atoms with van der Waals surface area (Å²) in [5.41, 5.74) is 3.48. The number of carbonyl (C=O) groups is 1. The van der Waals surface area contributed by atoms with E-state index in [0.29, 0.717) is 24.5 Å². The number of oxazole rings is 1. The molecule has 31 heavy (non-hydrogen) atoms. The summed E-state index contributed by atoms with van der Waals surface area (Å²) in [6.07, 6.45) is 5.13. The number of pyridine rings is 1. The van der Waals surface area contributed by atoms with Crippen molar-refractivity contribution in [1.82, 2.24) is 24.5 Å². The van der Waals surface area contributed by atoms with Crippen LogP contribution in [-0.2, 0) is 0 Å².